The van der Waals surface area contributed by atoms with Crippen molar-refractivity contribution in [1.29, 1.82) is 0 Å². The molecule has 0 fully saturated rings. The molecule has 0 saturated heterocycles. The van der Waals surface area contributed by atoms with Crippen molar-refractivity contribution in [2.24, 2.45) is 0 Å². The molecule has 0 heterocycles. The molecule has 3 aromatic rings. The molecule has 1 aliphatic carbocycles. The molecule has 0 spiro atoms. The smallest absolute Gasteiger partial charge is 0.408 e. The molecular formula is C31H34N2O5. The predicted molar refractivity (Wildman–Crippen MR) is 145 cm³/mol. The molecule has 1 aliphatic rings. The van der Waals surface area contributed by atoms with Gasteiger partial charge in [-0.25, -0.2) is 9.59 Å². The number of methoxy groups -OCH3 is 1. The molecule has 4 rings (SSSR count). The predicted octanol–water partition coefficient (Wildman–Crippen LogP) is 4.62. The lowest BCUT2D eigenvalue weighted by Crippen LogP contribution is -2.62. The molecule has 1 atom stereocenters. The van der Waals surface area contributed by atoms with E-state index in [1.54, 1.807) is 20.8 Å². The van der Waals surface area contributed by atoms with Gasteiger partial charge in [-0.15, -0.1) is 0 Å². The number of carbonyl (C=O) groups excluding carboxylic acids is 3. The number of amides is 2. The third-order valence-electron chi connectivity index (χ3n) is 6.54. The molecule has 7 heteroatoms. The molecule has 0 radical (unpaired) electrons. The van der Waals surface area contributed by atoms with Crippen molar-refractivity contribution in [1.82, 2.24) is 10.6 Å². The fourth-order valence-electron chi connectivity index (χ4n) is 4.90. The summed E-state index contributed by atoms with van der Waals surface area (Å²) < 4.78 is 10.7. The standard InChI is InChI=1S/C31H34N2O5/c1-30(2,3)38-29(36)32-26(18-21-12-6-5-7-13-21)27(34)33-31(28(35)37-4)19-22-14-8-10-16-24(22)25-17-11-9-15-23(25)20-31/h5-17,26H,18-20H2,1-4H3,(H,32,36)(H,33,34)/t26-/m0/s1. The van der Waals surface area contributed by atoms with E-state index < -0.39 is 35.2 Å². The monoisotopic (exact) mass is 514 g/mol. The Morgan fingerprint density at radius 3 is 1.89 bits per heavy atom. The van der Waals surface area contributed by atoms with Crippen molar-refractivity contribution in [3.8, 4) is 11.1 Å². The number of hydrogen-bond acceptors (Lipinski definition) is 5. The number of esters is 1. The van der Waals surface area contributed by atoms with Crippen LogP contribution >= 0.6 is 0 Å². The van der Waals surface area contributed by atoms with Crippen molar-refractivity contribution in [2.45, 2.75) is 57.2 Å². The van der Waals surface area contributed by atoms with Gasteiger partial charge in [0.2, 0.25) is 5.91 Å². The summed E-state index contributed by atoms with van der Waals surface area (Å²) in [5.41, 5.74) is 2.60. The van der Waals surface area contributed by atoms with E-state index in [1.807, 2.05) is 78.9 Å². The van der Waals surface area contributed by atoms with Gasteiger partial charge in [-0.05, 0) is 48.6 Å². The summed E-state index contributed by atoms with van der Waals surface area (Å²) in [5.74, 6) is -1.05. The molecule has 0 aliphatic heterocycles. The van der Waals surface area contributed by atoms with Gasteiger partial charge in [-0.1, -0.05) is 78.9 Å². The van der Waals surface area contributed by atoms with Crippen LogP contribution < -0.4 is 10.6 Å². The lowest BCUT2D eigenvalue weighted by Gasteiger charge is -2.33. The van der Waals surface area contributed by atoms with Crippen molar-refractivity contribution in [2.75, 3.05) is 7.11 Å². The van der Waals surface area contributed by atoms with Gasteiger partial charge in [0.05, 0.1) is 7.11 Å². The van der Waals surface area contributed by atoms with Gasteiger partial charge in [0.25, 0.3) is 0 Å². The lowest BCUT2D eigenvalue weighted by molar-refractivity contribution is -0.151. The molecule has 3 aromatic carbocycles. The molecular weight excluding hydrogens is 480 g/mol. The molecule has 0 aromatic heterocycles. The van der Waals surface area contributed by atoms with Crippen LogP contribution in [0.5, 0.6) is 0 Å². The molecule has 0 bridgehead atoms. The fourth-order valence-corrected chi connectivity index (χ4v) is 4.90. The summed E-state index contributed by atoms with van der Waals surface area (Å²) in [4.78, 5) is 40.0. The fraction of sp³-hybridized carbons (Fsp3) is 0.323. The second kappa shape index (κ2) is 11.1. The Morgan fingerprint density at radius 1 is 0.842 bits per heavy atom. The van der Waals surface area contributed by atoms with E-state index in [9.17, 15) is 14.4 Å². The lowest BCUT2D eigenvalue weighted by atomic mass is 9.86. The van der Waals surface area contributed by atoms with Gasteiger partial charge in [0.1, 0.15) is 17.2 Å². The maximum absolute atomic E-state index is 13.9. The van der Waals surface area contributed by atoms with Crippen molar-refractivity contribution < 1.29 is 23.9 Å². The van der Waals surface area contributed by atoms with E-state index >= 15 is 0 Å². The maximum Gasteiger partial charge on any atom is 0.408 e. The van der Waals surface area contributed by atoms with E-state index in [-0.39, 0.29) is 19.3 Å². The molecule has 2 N–H and O–H groups in total. The first-order valence-corrected chi connectivity index (χ1v) is 12.7. The van der Waals surface area contributed by atoms with Crippen molar-refractivity contribution in [3.63, 3.8) is 0 Å². The van der Waals surface area contributed by atoms with E-state index in [4.69, 9.17) is 9.47 Å². The molecule has 0 saturated carbocycles. The average Bonchev–Trinajstić information content (AvgIpc) is 3.02. The number of fused-ring (bicyclic) bond motifs is 3. The molecule has 2 amide bonds. The van der Waals surface area contributed by atoms with Gasteiger partial charge in [0, 0.05) is 19.3 Å². The first-order chi connectivity index (χ1) is 18.1. The summed E-state index contributed by atoms with van der Waals surface area (Å²) in [7, 11) is 1.32. The average molecular weight is 515 g/mol. The van der Waals surface area contributed by atoms with Gasteiger partial charge in [0.15, 0.2) is 0 Å². The van der Waals surface area contributed by atoms with Crippen LogP contribution in [0, 0.1) is 0 Å². The highest BCUT2D eigenvalue weighted by Gasteiger charge is 2.45. The van der Waals surface area contributed by atoms with Crippen LogP contribution in [0.4, 0.5) is 4.79 Å². The number of nitrogens with one attached hydrogen (secondary N) is 2. The van der Waals surface area contributed by atoms with E-state index in [0.29, 0.717) is 0 Å². The van der Waals surface area contributed by atoms with Crippen LogP contribution in [0.25, 0.3) is 11.1 Å². The molecule has 198 valence electrons. The molecule has 7 nitrogen and oxygen atoms in total. The SMILES string of the molecule is COC(=O)C1(NC(=O)[C@H](Cc2ccccc2)NC(=O)OC(C)(C)C)Cc2ccccc2-c2ccccc2C1. The molecule has 0 unspecified atom stereocenters. The minimum absolute atomic E-state index is 0.219. The van der Waals surface area contributed by atoms with Crippen molar-refractivity contribution in [3.05, 3.63) is 95.6 Å². The Morgan fingerprint density at radius 2 is 1.37 bits per heavy atom. The van der Waals surface area contributed by atoms with Gasteiger partial charge >= 0.3 is 12.1 Å². The normalized spacial score (nSPS) is 14.6. The molecule has 38 heavy (non-hydrogen) atoms. The Labute approximate surface area is 223 Å². The maximum atomic E-state index is 13.9. The van der Waals surface area contributed by atoms with Gasteiger partial charge in [-0.3, -0.25) is 4.79 Å². The summed E-state index contributed by atoms with van der Waals surface area (Å²) in [6.45, 7) is 5.27. The summed E-state index contributed by atoms with van der Waals surface area (Å²) >= 11 is 0. The highest BCUT2D eigenvalue weighted by Crippen LogP contribution is 2.36. The summed E-state index contributed by atoms with van der Waals surface area (Å²) in [6.07, 6.45) is -0.0185. The first-order valence-electron chi connectivity index (χ1n) is 12.7. The summed E-state index contributed by atoms with van der Waals surface area (Å²) in [5, 5.41) is 5.72. The van der Waals surface area contributed by atoms with Crippen LogP contribution in [-0.4, -0.2) is 42.3 Å². The third kappa shape index (κ3) is 6.22. The number of ether oxygens (including phenoxy) is 2. The Hall–Kier alpha value is -4.13. The van der Waals surface area contributed by atoms with Crippen LogP contribution in [-0.2, 0) is 38.3 Å². The highest BCUT2D eigenvalue weighted by molar-refractivity contribution is 5.93. The number of rotatable bonds is 6. The van der Waals surface area contributed by atoms with Gasteiger partial charge in [-0.2, -0.15) is 0 Å². The zero-order valence-corrected chi connectivity index (χ0v) is 22.2. The van der Waals surface area contributed by atoms with Crippen LogP contribution in [0.15, 0.2) is 78.9 Å². The number of alkyl carbamates (subject to hydrolysis) is 1. The van der Waals surface area contributed by atoms with Crippen LogP contribution in [0.3, 0.4) is 0 Å². The zero-order valence-electron chi connectivity index (χ0n) is 22.2. The topological polar surface area (TPSA) is 93.7 Å². The number of hydrogen-bond donors (Lipinski definition) is 2. The Bertz CT molecular complexity index is 1270. The Kier molecular flexibility index (Phi) is 7.86. The first kappa shape index (κ1) is 26.9. The second-order valence-corrected chi connectivity index (χ2v) is 10.6. The van der Waals surface area contributed by atoms with Gasteiger partial charge < -0.3 is 20.1 Å². The number of carbonyl (C=O) groups is 3. The highest BCUT2D eigenvalue weighted by atomic mass is 16.6. The van der Waals surface area contributed by atoms with Crippen LogP contribution in [0.2, 0.25) is 0 Å². The minimum Gasteiger partial charge on any atom is -0.467 e. The van der Waals surface area contributed by atoms with E-state index in [1.165, 1.54) is 7.11 Å². The largest absolute Gasteiger partial charge is 0.467 e. The van der Waals surface area contributed by atoms with Crippen LogP contribution in [0.1, 0.15) is 37.5 Å². The Balaban J connectivity index is 1.71. The summed E-state index contributed by atoms with van der Waals surface area (Å²) in [6, 6.07) is 24.1. The minimum atomic E-state index is -1.38. The quantitative estimate of drug-likeness (QED) is 0.469. The number of benzene rings is 3. The van der Waals surface area contributed by atoms with Crippen molar-refractivity contribution >= 4 is 18.0 Å². The van der Waals surface area contributed by atoms with E-state index in [0.717, 1.165) is 27.8 Å². The third-order valence-corrected chi connectivity index (χ3v) is 6.54. The zero-order chi connectivity index (χ0) is 27.3. The second-order valence-electron chi connectivity index (χ2n) is 10.6. The van der Waals surface area contributed by atoms with E-state index in [2.05, 4.69) is 10.6 Å².